The van der Waals surface area contributed by atoms with E-state index in [1.165, 1.54) is 0 Å². The van der Waals surface area contributed by atoms with E-state index in [1.54, 1.807) is 0 Å². The second-order valence-corrected chi connectivity index (χ2v) is 1.54. The van der Waals surface area contributed by atoms with Crippen molar-refractivity contribution in [3.63, 3.8) is 0 Å². The fraction of sp³-hybridized carbons (Fsp3) is 0. The topological polar surface area (TPSA) is 0 Å². The molecule has 1 aliphatic carbocycles. The van der Waals surface area contributed by atoms with E-state index in [-0.39, 0.29) is 37.7 Å². The smallest absolute Gasteiger partial charge is 0 e. The third-order valence-corrected chi connectivity index (χ3v) is 0.889. The summed E-state index contributed by atoms with van der Waals surface area (Å²) in [5, 5.41) is 0. The maximum absolute atomic E-state index is 2.00. The van der Waals surface area contributed by atoms with Gasteiger partial charge in [0.2, 0.25) is 0 Å². The summed E-state index contributed by atoms with van der Waals surface area (Å²) in [6.45, 7) is 0. The van der Waals surface area contributed by atoms with E-state index in [4.69, 9.17) is 0 Å². The van der Waals surface area contributed by atoms with Crippen molar-refractivity contribution in [2.45, 2.75) is 0 Å². The summed E-state index contributed by atoms with van der Waals surface area (Å²) in [4.78, 5) is 0. The van der Waals surface area contributed by atoms with Crippen LogP contribution in [-0.2, 0) is 0 Å². The molecule has 10 heavy (non-hydrogen) atoms. The Morgan fingerprint density at radius 3 is 0.500 bits per heavy atom. The van der Waals surface area contributed by atoms with Gasteiger partial charge in [-0.15, -0.1) is 0 Å². The van der Waals surface area contributed by atoms with Crippen LogP contribution in [0.3, 0.4) is 0 Å². The van der Waals surface area contributed by atoms with Gasteiger partial charge in [0.15, 0.2) is 0 Å². The van der Waals surface area contributed by atoms with Crippen LogP contribution in [0, 0.1) is 0 Å². The number of hydrogen-bond donors (Lipinski definition) is 0. The second-order valence-electron chi connectivity index (χ2n) is 1.54. The van der Waals surface area contributed by atoms with Gasteiger partial charge < -0.3 is 0 Å². The zero-order valence-electron chi connectivity index (χ0n) is 6.62. The zero-order chi connectivity index (χ0) is 5.66. The molecule has 0 spiro atoms. The van der Waals surface area contributed by atoms with E-state index in [2.05, 4.69) is 0 Å². The zero-order valence-corrected chi connectivity index (χ0v) is 6.62. The molecule has 0 bridgehead atoms. The van der Waals surface area contributed by atoms with E-state index in [1.807, 2.05) is 48.6 Å². The Labute approximate surface area is 86.1 Å². The molecule has 0 aromatic heterocycles. The molecule has 0 N–H and O–H groups in total. The van der Waals surface area contributed by atoms with Crippen molar-refractivity contribution in [1.29, 1.82) is 0 Å². The maximum atomic E-state index is 2.00. The van der Waals surface area contributed by atoms with Gasteiger partial charge in [0, 0.05) is 37.7 Å². The molecule has 0 aromatic rings. The Hall–Kier alpha value is 0.155. The molecular formula is C8H8Li2. The predicted octanol–water partition coefficient (Wildman–Crippen LogP) is 1.46. The summed E-state index contributed by atoms with van der Waals surface area (Å²) in [5.74, 6) is 0. The first-order valence-electron chi connectivity index (χ1n) is 2.67. The monoisotopic (exact) mass is 118 g/mol. The van der Waals surface area contributed by atoms with Crippen molar-refractivity contribution in [3.05, 3.63) is 48.6 Å². The molecule has 42 valence electrons. The average Bonchev–Trinajstić information content (AvgIpc) is 1.62. The minimum Gasteiger partial charge on any atom is -0.0623 e. The molecule has 0 atom stereocenters. The van der Waals surface area contributed by atoms with Crippen LogP contribution in [0.25, 0.3) is 0 Å². The number of allylic oxidation sites excluding steroid dienone is 8. The van der Waals surface area contributed by atoms with Crippen molar-refractivity contribution in [2.24, 2.45) is 0 Å². The molecule has 0 aromatic carbocycles. The van der Waals surface area contributed by atoms with Crippen molar-refractivity contribution >= 4 is 37.7 Å². The number of hydrogen-bond acceptors (Lipinski definition) is 0. The molecule has 0 saturated carbocycles. The molecule has 2 heteroatoms. The van der Waals surface area contributed by atoms with Crippen molar-refractivity contribution in [2.75, 3.05) is 0 Å². The van der Waals surface area contributed by atoms with Gasteiger partial charge >= 0.3 is 0 Å². The summed E-state index contributed by atoms with van der Waals surface area (Å²) in [6, 6.07) is 0. The fourth-order valence-corrected chi connectivity index (χ4v) is 0.513. The van der Waals surface area contributed by atoms with Crippen LogP contribution < -0.4 is 0 Å². The summed E-state index contributed by atoms with van der Waals surface area (Å²) in [6.07, 6.45) is 16.0. The fourth-order valence-electron chi connectivity index (χ4n) is 0.513. The molecule has 0 amide bonds. The van der Waals surface area contributed by atoms with Crippen LogP contribution in [0.15, 0.2) is 48.6 Å². The molecule has 2 radical (unpaired) electrons. The minimum atomic E-state index is 0. The van der Waals surface area contributed by atoms with Gasteiger partial charge in [-0.25, -0.2) is 0 Å². The van der Waals surface area contributed by atoms with Crippen molar-refractivity contribution < 1.29 is 0 Å². The summed E-state index contributed by atoms with van der Waals surface area (Å²) in [7, 11) is 0. The van der Waals surface area contributed by atoms with Gasteiger partial charge in [-0.3, -0.25) is 0 Å². The Morgan fingerprint density at radius 2 is 0.400 bits per heavy atom. The summed E-state index contributed by atoms with van der Waals surface area (Å²) < 4.78 is 0. The Bertz CT molecular complexity index is 108. The Morgan fingerprint density at radius 1 is 0.300 bits per heavy atom. The quantitative estimate of drug-likeness (QED) is 0.422. The third kappa shape index (κ3) is 6.28. The molecule has 0 unspecified atom stereocenters. The van der Waals surface area contributed by atoms with Crippen molar-refractivity contribution in [1.82, 2.24) is 0 Å². The van der Waals surface area contributed by atoms with Gasteiger partial charge in [0.05, 0.1) is 0 Å². The van der Waals surface area contributed by atoms with E-state index in [0.717, 1.165) is 0 Å². The van der Waals surface area contributed by atoms with Gasteiger partial charge in [-0.2, -0.15) is 0 Å². The molecule has 0 aliphatic heterocycles. The first kappa shape index (κ1) is 12.8. The van der Waals surface area contributed by atoms with E-state index in [9.17, 15) is 0 Å². The van der Waals surface area contributed by atoms with Crippen LogP contribution in [0.2, 0.25) is 0 Å². The van der Waals surface area contributed by atoms with E-state index in [0.29, 0.717) is 0 Å². The van der Waals surface area contributed by atoms with E-state index < -0.39 is 0 Å². The molecular weight excluding hydrogens is 110 g/mol. The molecule has 0 saturated heterocycles. The van der Waals surface area contributed by atoms with Gasteiger partial charge in [-0.05, 0) is 0 Å². The van der Waals surface area contributed by atoms with Crippen LogP contribution in [0.5, 0.6) is 0 Å². The van der Waals surface area contributed by atoms with Gasteiger partial charge in [0.1, 0.15) is 0 Å². The second kappa shape index (κ2) is 9.15. The van der Waals surface area contributed by atoms with Gasteiger partial charge in [-0.1, -0.05) is 48.6 Å². The minimum absolute atomic E-state index is 0. The standard InChI is InChI=1S/C8H8.2Li/c1-2-4-6-8-7-5-3-1;;/h1-8H;;. The van der Waals surface area contributed by atoms with Crippen LogP contribution in [0.1, 0.15) is 0 Å². The van der Waals surface area contributed by atoms with Gasteiger partial charge in [0.25, 0.3) is 0 Å². The first-order chi connectivity index (χ1) is 4.00. The Balaban J connectivity index is 0. The van der Waals surface area contributed by atoms with Crippen LogP contribution in [0.4, 0.5) is 0 Å². The average molecular weight is 118 g/mol. The summed E-state index contributed by atoms with van der Waals surface area (Å²) in [5.41, 5.74) is 0. The largest absolute Gasteiger partial charge is 0.0623 e. The van der Waals surface area contributed by atoms with E-state index >= 15 is 0 Å². The van der Waals surface area contributed by atoms with Crippen LogP contribution in [-0.4, -0.2) is 37.7 Å². The number of rotatable bonds is 0. The third-order valence-electron chi connectivity index (χ3n) is 0.889. The van der Waals surface area contributed by atoms with Crippen molar-refractivity contribution in [3.8, 4) is 0 Å². The molecule has 0 nitrogen and oxygen atoms in total. The summed E-state index contributed by atoms with van der Waals surface area (Å²) >= 11 is 0. The Kier molecular flexibility index (Phi) is 11.7. The molecule has 0 heterocycles. The molecule has 0 fully saturated rings. The predicted molar refractivity (Wildman–Crippen MR) is 48.1 cm³/mol. The SMILES string of the molecule is C1=CC=CC=CC=C1.[Li].[Li]. The molecule has 1 rings (SSSR count). The maximum Gasteiger partial charge on any atom is 0 e. The van der Waals surface area contributed by atoms with Crippen LogP contribution >= 0.6 is 0 Å². The normalized spacial score (nSPS) is 12.8. The first-order valence-corrected chi connectivity index (χ1v) is 2.67. The molecule has 1 aliphatic rings.